The average molecular weight is 1530 g/mol. The molecule has 0 atom stereocenters. The van der Waals surface area contributed by atoms with E-state index in [0.717, 1.165) is 107 Å². The summed E-state index contributed by atoms with van der Waals surface area (Å²) < 4.78 is 18.8. The first-order valence-electron chi connectivity index (χ1n) is 40.8. The molecule has 0 amide bonds. The number of hydrogen-bond donors (Lipinski definition) is 0. The molecule has 11 heteroatoms. The molecule has 0 aliphatic rings. The lowest BCUT2D eigenvalue weighted by atomic mass is 10.0. The van der Waals surface area contributed by atoms with Crippen molar-refractivity contribution in [3.05, 3.63) is 419 Å². The minimum absolute atomic E-state index is 0.677. The fourth-order valence-corrected chi connectivity index (χ4v) is 19.5. The van der Waals surface area contributed by atoms with Gasteiger partial charge >= 0.3 is 0 Å². The Morgan fingerprint density at radius 1 is 0.175 bits per heavy atom. The Bertz CT molecular complexity index is 7600. The molecule has 10 heterocycles. The zero-order valence-electron chi connectivity index (χ0n) is 64.8. The Hall–Kier alpha value is -16.4. The summed E-state index contributed by atoms with van der Waals surface area (Å²) in [5.41, 5.74) is 30.1. The predicted octanol–water partition coefficient (Wildman–Crippen LogP) is 27.3. The summed E-state index contributed by atoms with van der Waals surface area (Å²) in [6, 6.07) is 145. The van der Waals surface area contributed by atoms with Crippen molar-refractivity contribution in [2.24, 2.45) is 0 Å². The van der Waals surface area contributed by atoms with E-state index >= 15 is 0 Å². The van der Waals surface area contributed by atoms with Crippen LogP contribution >= 0.6 is 0 Å². The standard InChI is InChI=1S/C55H35N5.C54H34N6/c1-2-14-36(15-3-1)54-55(57-33-13-12-24-53(57)56-54)37-25-27-38(28-26-37)58-51-31-29-39(59-47-20-8-4-16-41(47)42-17-5-9-21-48(42)59)34-45(51)46-35-40(30-32-52(46)58)60-49-22-10-6-18-43(49)44-19-7-11-23-50(44)60;1-2-13-35(14-3-1)52-53(57-32-12-31-55-54(57)56-52)36-23-25-37(26-24-36)58-50-29-27-38(59-46-19-8-4-15-40(46)41-16-5-9-20-47(41)59)33-44(50)45-34-39(28-30-51(45)58)60-48-21-10-6-17-42(48)43-18-7-11-22-49(43)60/h1-35H;1-34H. The van der Waals surface area contributed by atoms with E-state index in [-0.39, 0.29) is 0 Å². The summed E-state index contributed by atoms with van der Waals surface area (Å²) in [6.45, 7) is 0. The van der Waals surface area contributed by atoms with Crippen LogP contribution in [0.3, 0.4) is 0 Å². The number of hydrogen-bond acceptors (Lipinski definition) is 3. The summed E-state index contributed by atoms with van der Waals surface area (Å²) >= 11 is 0. The van der Waals surface area contributed by atoms with Gasteiger partial charge in [0.15, 0.2) is 0 Å². The SMILES string of the molecule is c1ccc(-c2nc3ccccn3c2-c2ccc(-n3c4ccc(-n5c6ccccc6c6ccccc65)cc4c4cc(-n5c6ccccc6c6ccccc65)ccc43)cc2)cc1.c1ccc(-c2nc3ncccn3c2-c2ccc(-n3c4ccc(-n5c6ccccc6c6ccccc65)cc4c4cc(-n5c6ccccc6c6ccccc65)ccc43)cc2)cc1. The lowest BCUT2D eigenvalue weighted by Crippen LogP contribution is -1.97. The topological polar surface area (TPSA) is 77.1 Å². The molecule has 10 aromatic heterocycles. The molecule has 0 aliphatic heterocycles. The van der Waals surface area contributed by atoms with Gasteiger partial charge in [-0.2, -0.15) is 0 Å². The van der Waals surface area contributed by atoms with Crippen molar-refractivity contribution in [2.45, 2.75) is 0 Å². The highest BCUT2D eigenvalue weighted by Crippen LogP contribution is 2.45. The van der Waals surface area contributed by atoms with Crippen LogP contribution in [0, 0.1) is 0 Å². The Morgan fingerprint density at radius 3 is 0.767 bits per heavy atom. The molecule has 0 radical (unpaired) electrons. The first kappa shape index (κ1) is 67.0. The zero-order chi connectivity index (χ0) is 78.6. The van der Waals surface area contributed by atoms with Crippen molar-refractivity contribution in [2.75, 3.05) is 0 Å². The zero-order valence-corrected chi connectivity index (χ0v) is 64.8. The number of rotatable bonds is 10. The number of aromatic nitrogens is 11. The second-order valence-electron chi connectivity index (χ2n) is 31.1. The maximum Gasteiger partial charge on any atom is 0.234 e. The van der Waals surface area contributed by atoms with Gasteiger partial charge in [-0.3, -0.25) is 8.80 Å². The largest absolute Gasteiger partial charge is 0.309 e. The minimum atomic E-state index is 0.677. The van der Waals surface area contributed by atoms with Gasteiger partial charge in [-0.1, -0.05) is 237 Å². The van der Waals surface area contributed by atoms with Gasteiger partial charge in [-0.25, -0.2) is 15.0 Å². The molecule has 0 spiro atoms. The molecule has 26 aromatic rings. The second-order valence-corrected chi connectivity index (χ2v) is 31.1. The molecule has 0 saturated carbocycles. The molecule has 11 nitrogen and oxygen atoms in total. The van der Waals surface area contributed by atoms with E-state index in [1.165, 1.54) is 109 Å². The van der Waals surface area contributed by atoms with Crippen LogP contribution < -0.4 is 0 Å². The Kier molecular flexibility index (Phi) is 14.9. The van der Waals surface area contributed by atoms with E-state index in [2.05, 4.69) is 430 Å². The van der Waals surface area contributed by atoms with E-state index in [1.807, 2.05) is 24.4 Å². The quantitative estimate of drug-likeness (QED) is 0.137. The maximum atomic E-state index is 5.10. The molecule has 16 aromatic carbocycles. The monoisotopic (exact) mass is 1530 g/mol. The fourth-order valence-electron chi connectivity index (χ4n) is 19.5. The van der Waals surface area contributed by atoms with Crippen LogP contribution in [-0.4, -0.2) is 51.2 Å². The number of benzene rings is 16. The third-order valence-corrected chi connectivity index (χ3v) is 24.6. The van der Waals surface area contributed by atoms with Crippen molar-refractivity contribution in [3.8, 4) is 79.2 Å². The highest BCUT2D eigenvalue weighted by molar-refractivity contribution is 6.17. The average Bonchev–Trinajstić information content (AvgIpc) is 1.58. The van der Waals surface area contributed by atoms with Crippen molar-refractivity contribution in [1.29, 1.82) is 0 Å². The van der Waals surface area contributed by atoms with Gasteiger partial charge in [0.05, 0.1) is 89.0 Å². The van der Waals surface area contributed by atoms with Crippen LogP contribution in [0.15, 0.2) is 419 Å². The molecule has 0 fully saturated rings. The fraction of sp³-hybridized carbons (Fsp3) is 0. The Morgan fingerprint density at radius 2 is 0.433 bits per heavy atom. The van der Waals surface area contributed by atoms with Crippen LogP contribution in [0.2, 0.25) is 0 Å². The number of pyridine rings is 1. The van der Waals surface area contributed by atoms with Gasteiger partial charge in [0.2, 0.25) is 5.78 Å². The number of para-hydroxylation sites is 8. The molecule has 560 valence electrons. The molecular formula is C109H69N11. The Balaban J connectivity index is 0.000000133. The normalized spacial score (nSPS) is 12.0. The number of nitrogens with zero attached hydrogens (tertiary/aromatic N) is 11. The lowest BCUT2D eigenvalue weighted by Gasteiger charge is -2.12. The van der Waals surface area contributed by atoms with Gasteiger partial charge in [-0.05, 0) is 164 Å². The van der Waals surface area contributed by atoms with E-state index in [1.54, 1.807) is 6.20 Å². The van der Waals surface area contributed by atoms with E-state index < -0.39 is 0 Å². The molecule has 0 bridgehead atoms. The first-order chi connectivity index (χ1) is 59.6. The summed E-state index contributed by atoms with van der Waals surface area (Å²) in [7, 11) is 0. The third-order valence-electron chi connectivity index (χ3n) is 24.6. The molecule has 0 N–H and O–H groups in total. The molecule has 0 saturated heterocycles. The van der Waals surface area contributed by atoms with Gasteiger partial charge in [0, 0.05) is 140 Å². The summed E-state index contributed by atoms with van der Waals surface area (Å²) in [5.74, 6) is 0.677. The summed E-state index contributed by atoms with van der Waals surface area (Å²) in [6.07, 6.45) is 5.95. The maximum absolute atomic E-state index is 5.10. The molecule has 26 rings (SSSR count). The predicted molar refractivity (Wildman–Crippen MR) is 496 cm³/mol. The second kappa shape index (κ2) is 26.6. The van der Waals surface area contributed by atoms with Gasteiger partial charge in [-0.15, -0.1) is 0 Å². The van der Waals surface area contributed by atoms with Crippen molar-refractivity contribution in [3.63, 3.8) is 0 Å². The number of fused-ring (bicyclic) bond motifs is 20. The lowest BCUT2D eigenvalue weighted by molar-refractivity contribution is 1.11. The van der Waals surface area contributed by atoms with Crippen molar-refractivity contribution >= 4 is 142 Å². The van der Waals surface area contributed by atoms with Gasteiger partial charge in [0.25, 0.3) is 0 Å². The summed E-state index contributed by atoms with van der Waals surface area (Å²) in [5, 5.41) is 14.8. The highest BCUT2D eigenvalue weighted by Gasteiger charge is 2.25. The van der Waals surface area contributed by atoms with E-state index in [4.69, 9.17) is 9.97 Å². The van der Waals surface area contributed by atoms with Crippen LogP contribution in [0.4, 0.5) is 0 Å². The molecule has 0 aliphatic carbocycles. The van der Waals surface area contributed by atoms with Crippen LogP contribution in [0.1, 0.15) is 0 Å². The number of imidazole rings is 2. The highest BCUT2D eigenvalue weighted by atomic mass is 15.1. The van der Waals surface area contributed by atoms with Crippen LogP contribution in [0.5, 0.6) is 0 Å². The molecule has 0 unspecified atom stereocenters. The van der Waals surface area contributed by atoms with Crippen LogP contribution in [-0.2, 0) is 0 Å². The Labute approximate surface area is 687 Å². The van der Waals surface area contributed by atoms with Crippen LogP contribution in [0.25, 0.3) is 221 Å². The summed E-state index contributed by atoms with van der Waals surface area (Å²) in [4.78, 5) is 14.7. The molecule has 120 heavy (non-hydrogen) atoms. The van der Waals surface area contributed by atoms with E-state index in [9.17, 15) is 0 Å². The van der Waals surface area contributed by atoms with Gasteiger partial charge < -0.3 is 27.4 Å². The van der Waals surface area contributed by atoms with Crippen molar-refractivity contribution < 1.29 is 0 Å². The smallest absolute Gasteiger partial charge is 0.234 e. The third kappa shape index (κ3) is 10.2. The minimum Gasteiger partial charge on any atom is -0.309 e. The van der Waals surface area contributed by atoms with Crippen molar-refractivity contribution in [1.82, 2.24) is 51.2 Å². The van der Waals surface area contributed by atoms with Gasteiger partial charge in [0.1, 0.15) is 5.65 Å². The molecular weight excluding hydrogens is 1460 g/mol. The first-order valence-corrected chi connectivity index (χ1v) is 40.8. The van der Waals surface area contributed by atoms with E-state index in [0.29, 0.717) is 5.78 Å².